The van der Waals surface area contributed by atoms with Crippen molar-refractivity contribution < 1.29 is 13.5 Å². The van der Waals surface area contributed by atoms with Crippen molar-refractivity contribution in [1.29, 1.82) is 0 Å². The maximum absolute atomic E-state index is 14.2. The van der Waals surface area contributed by atoms with Crippen molar-refractivity contribution in [2.45, 2.75) is 20.0 Å². The smallest absolute Gasteiger partial charge is 0.229 e. The molecule has 0 radical (unpaired) electrons. The molecule has 0 fully saturated rings. The molecule has 0 amide bonds. The van der Waals surface area contributed by atoms with Crippen LogP contribution in [0.4, 0.5) is 4.39 Å². The first-order valence-corrected chi connectivity index (χ1v) is 9.68. The molecule has 0 atom stereocenters. The second-order valence-corrected chi connectivity index (χ2v) is 7.73. The van der Waals surface area contributed by atoms with Gasteiger partial charge in [-0.2, -0.15) is 0 Å². The molecule has 0 aliphatic heterocycles. The third-order valence-corrected chi connectivity index (χ3v) is 5.48. The van der Waals surface area contributed by atoms with Crippen LogP contribution in [0.25, 0.3) is 21.7 Å². The molecule has 4 rings (SSSR count). The summed E-state index contributed by atoms with van der Waals surface area (Å²) in [7, 11) is 3.55. The summed E-state index contributed by atoms with van der Waals surface area (Å²) in [6.07, 6.45) is 0. The molecule has 0 saturated carbocycles. The first-order chi connectivity index (χ1) is 13.5. The average Bonchev–Trinajstić information content (AvgIpc) is 3.25. The summed E-state index contributed by atoms with van der Waals surface area (Å²) in [5.74, 6) is 1.10. The molecule has 0 aliphatic rings. The number of para-hydroxylation sites is 1. The van der Waals surface area contributed by atoms with Crippen LogP contribution in [0.5, 0.6) is 5.75 Å². The number of thiazole rings is 1. The summed E-state index contributed by atoms with van der Waals surface area (Å²) in [6, 6.07) is 12.6. The van der Waals surface area contributed by atoms with E-state index in [0.29, 0.717) is 30.2 Å². The topological polar surface area (TPSA) is 51.4 Å². The minimum absolute atomic E-state index is 0.261. The SMILES string of the molecule is COc1ccc(F)c(-c2nc(CN(C)Cc3nc4ccccc4s3)c(C)o2)c1. The molecule has 28 heavy (non-hydrogen) atoms. The summed E-state index contributed by atoms with van der Waals surface area (Å²) >= 11 is 1.69. The monoisotopic (exact) mass is 397 g/mol. The van der Waals surface area contributed by atoms with Gasteiger partial charge in [0.25, 0.3) is 0 Å². The fourth-order valence-electron chi connectivity index (χ4n) is 3.02. The van der Waals surface area contributed by atoms with Gasteiger partial charge in [0.05, 0.1) is 35.1 Å². The van der Waals surface area contributed by atoms with Crippen LogP contribution in [0.15, 0.2) is 46.9 Å². The number of aryl methyl sites for hydroxylation is 1. The minimum atomic E-state index is -0.392. The molecule has 0 N–H and O–H groups in total. The Kier molecular flexibility index (Phi) is 5.11. The third-order valence-electron chi connectivity index (χ3n) is 4.46. The zero-order chi connectivity index (χ0) is 19.7. The number of methoxy groups -OCH3 is 1. The van der Waals surface area contributed by atoms with Crippen LogP contribution >= 0.6 is 11.3 Å². The molecule has 2 heterocycles. The number of rotatable bonds is 6. The Morgan fingerprint density at radius 3 is 2.75 bits per heavy atom. The molecule has 2 aromatic heterocycles. The third kappa shape index (κ3) is 3.76. The van der Waals surface area contributed by atoms with Gasteiger partial charge >= 0.3 is 0 Å². The Bertz CT molecular complexity index is 1090. The van der Waals surface area contributed by atoms with Crippen molar-refractivity contribution in [2.75, 3.05) is 14.2 Å². The van der Waals surface area contributed by atoms with Crippen molar-refractivity contribution in [2.24, 2.45) is 0 Å². The van der Waals surface area contributed by atoms with Crippen LogP contribution in [-0.4, -0.2) is 29.0 Å². The summed E-state index contributed by atoms with van der Waals surface area (Å²) < 4.78 is 26.3. The van der Waals surface area contributed by atoms with Crippen LogP contribution in [0, 0.1) is 12.7 Å². The molecule has 0 spiro atoms. The maximum Gasteiger partial charge on any atom is 0.229 e. The number of halogens is 1. The highest BCUT2D eigenvalue weighted by Crippen LogP contribution is 2.29. The van der Waals surface area contributed by atoms with E-state index in [1.54, 1.807) is 30.6 Å². The van der Waals surface area contributed by atoms with Crippen molar-refractivity contribution in [1.82, 2.24) is 14.9 Å². The van der Waals surface area contributed by atoms with E-state index in [2.05, 4.69) is 20.9 Å². The molecular weight excluding hydrogens is 377 g/mol. The normalized spacial score (nSPS) is 11.5. The van der Waals surface area contributed by atoms with Crippen molar-refractivity contribution >= 4 is 21.6 Å². The fourth-order valence-corrected chi connectivity index (χ4v) is 4.06. The molecular formula is C21H20FN3O2S. The first kappa shape index (κ1) is 18.6. The van der Waals surface area contributed by atoms with Gasteiger partial charge in [0.2, 0.25) is 5.89 Å². The number of oxazole rings is 1. The zero-order valence-electron chi connectivity index (χ0n) is 15.9. The molecule has 5 nitrogen and oxygen atoms in total. The lowest BCUT2D eigenvalue weighted by molar-refractivity contribution is 0.313. The summed E-state index contributed by atoms with van der Waals surface area (Å²) in [5.41, 5.74) is 2.09. The molecule has 0 unspecified atom stereocenters. The highest BCUT2D eigenvalue weighted by atomic mass is 32.1. The quantitative estimate of drug-likeness (QED) is 0.456. The van der Waals surface area contributed by atoms with Crippen LogP contribution < -0.4 is 4.74 Å². The van der Waals surface area contributed by atoms with Crippen molar-refractivity contribution in [3.63, 3.8) is 0 Å². The lowest BCUT2D eigenvalue weighted by atomic mass is 10.2. The lowest BCUT2D eigenvalue weighted by Crippen LogP contribution is -2.17. The van der Waals surface area contributed by atoms with Gasteiger partial charge in [0, 0.05) is 6.54 Å². The Balaban J connectivity index is 1.52. The number of nitrogens with zero attached hydrogens (tertiary/aromatic N) is 3. The Morgan fingerprint density at radius 1 is 1.14 bits per heavy atom. The van der Waals surface area contributed by atoms with Gasteiger partial charge in [-0.05, 0) is 44.3 Å². The number of hydrogen-bond acceptors (Lipinski definition) is 6. The number of hydrogen-bond donors (Lipinski definition) is 0. The van der Waals surface area contributed by atoms with Crippen LogP contribution in [0.2, 0.25) is 0 Å². The predicted octanol–water partition coefficient (Wildman–Crippen LogP) is 5.04. The molecule has 4 aromatic rings. The Hall–Kier alpha value is -2.77. The van der Waals surface area contributed by atoms with E-state index in [4.69, 9.17) is 9.15 Å². The maximum atomic E-state index is 14.2. The number of fused-ring (bicyclic) bond motifs is 1. The predicted molar refractivity (Wildman–Crippen MR) is 108 cm³/mol. The Morgan fingerprint density at radius 2 is 1.96 bits per heavy atom. The number of ether oxygens (including phenoxy) is 1. The van der Waals surface area contributed by atoms with Crippen LogP contribution in [0.3, 0.4) is 0 Å². The summed E-state index contributed by atoms with van der Waals surface area (Å²) in [5, 5.41) is 1.05. The molecule has 2 aromatic carbocycles. The molecule has 144 valence electrons. The first-order valence-electron chi connectivity index (χ1n) is 8.86. The molecule has 7 heteroatoms. The minimum Gasteiger partial charge on any atom is -0.497 e. The van der Waals surface area contributed by atoms with E-state index < -0.39 is 5.82 Å². The molecule has 0 aliphatic carbocycles. The largest absolute Gasteiger partial charge is 0.497 e. The average molecular weight is 397 g/mol. The number of benzene rings is 2. The highest BCUT2D eigenvalue weighted by Gasteiger charge is 2.17. The van der Waals surface area contributed by atoms with E-state index in [0.717, 1.165) is 16.2 Å². The van der Waals surface area contributed by atoms with E-state index >= 15 is 0 Å². The van der Waals surface area contributed by atoms with Gasteiger partial charge in [-0.15, -0.1) is 11.3 Å². The van der Waals surface area contributed by atoms with Crippen molar-refractivity contribution in [3.05, 3.63) is 64.7 Å². The highest BCUT2D eigenvalue weighted by molar-refractivity contribution is 7.18. The van der Waals surface area contributed by atoms with Gasteiger partial charge in [-0.1, -0.05) is 12.1 Å². The van der Waals surface area contributed by atoms with Gasteiger partial charge < -0.3 is 9.15 Å². The van der Waals surface area contributed by atoms with Gasteiger partial charge in [-0.3, -0.25) is 4.90 Å². The fraction of sp³-hybridized carbons (Fsp3) is 0.238. The summed E-state index contributed by atoms with van der Waals surface area (Å²) in [4.78, 5) is 11.3. The number of aromatic nitrogens is 2. The van der Waals surface area contributed by atoms with E-state index in [1.165, 1.54) is 10.8 Å². The van der Waals surface area contributed by atoms with E-state index in [1.807, 2.05) is 32.2 Å². The van der Waals surface area contributed by atoms with Gasteiger partial charge in [0.1, 0.15) is 22.3 Å². The van der Waals surface area contributed by atoms with Crippen LogP contribution in [-0.2, 0) is 13.1 Å². The second-order valence-electron chi connectivity index (χ2n) is 6.62. The Labute approximate surface area is 166 Å². The van der Waals surface area contributed by atoms with Crippen LogP contribution in [0.1, 0.15) is 16.5 Å². The van der Waals surface area contributed by atoms with E-state index in [-0.39, 0.29) is 5.89 Å². The zero-order valence-corrected chi connectivity index (χ0v) is 16.7. The molecule has 0 saturated heterocycles. The summed E-state index contributed by atoms with van der Waals surface area (Å²) in [6.45, 7) is 3.13. The van der Waals surface area contributed by atoms with Gasteiger partial charge in [0.15, 0.2) is 0 Å². The second kappa shape index (κ2) is 7.69. The lowest BCUT2D eigenvalue weighted by Gasteiger charge is -2.13. The van der Waals surface area contributed by atoms with Crippen molar-refractivity contribution in [3.8, 4) is 17.2 Å². The molecule has 0 bridgehead atoms. The van der Waals surface area contributed by atoms with E-state index in [9.17, 15) is 4.39 Å². The standard InChI is InChI=1S/C21H20FN3O2S/c1-13-18(24-21(27-13)15-10-14(26-3)8-9-16(15)22)11-25(2)12-20-23-17-6-4-5-7-19(17)28-20/h4-10H,11-12H2,1-3H3. The van der Waals surface area contributed by atoms with Gasteiger partial charge in [-0.25, -0.2) is 14.4 Å².